The molecule has 2 fully saturated rings. The van der Waals surface area contributed by atoms with Gasteiger partial charge >= 0.3 is 6.03 Å². The number of rotatable bonds is 9. The minimum absolute atomic E-state index is 0.288. The lowest BCUT2D eigenvalue weighted by molar-refractivity contribution is -0.137. The first-order valence-electron chi connectivity index (χ1n) is 12.0. The van der Waals surface area contributed by atoms with E-state index < -0.39 is 17.5 Å². The number of urea groups is 1. The SMILES string of the molecule is Cc1ccc([C@@H](C)CCN2CCC3(CC2)C(=O)N(CC(N)=O)C(=O)N3CCc2ccccc2)o1. The van der Waals surface area contributed by atoms with Gasteiger partial charge in [0.15, 0.2) is 0 Å². The van der Waals surface area contributed by atoms with Gasteiger partial charge in [0.2, 0.25) is 5.91 Å². The number of furan rings is 1. The van der Waals surface area contributed by atoms with Crippen LogP contribution in [0.15, 0.2) is 46.9 Å². The molecule has 8 heteroatoms. The molecule has 0 unspecified atom stereocenters. The van der Waals surface area contributed by atoms with Crippen molar-refractivity contribution in [2.24, 2.45) is 5.73 Å². The minimum atomic E-state index is -0.901. The van der Waals surface area contributed by atoms with Crippen molar-refractivity contribution in [1.29, 1.82) is 0 Å². The van der Waals surface area contributed by atoms with Crippen molar-refractivity contribution in [3.63, 3.8) is 0 Å². The largest absolute Gasteiger partial charge is 0.466 e. The van der Waals surface area contributed by atoms with Gasteiger partial charge in [-0.1, -0.05) is 37.3 Å². The van der Waals surface area contributed by atoms with Crippen LogP contribution in [0.4, 0.5) is 4.79 Å². The van der Waals surface area contributed by atoms with Crippen LogP contribution in [-0.4, -0.2) is 70.8 Å². The molecule has 1 aromatic carbocycles. The molecule has 8 nitrogen and oxygen atoms in total. The maximum atomic E-state index is 13.4. The van der Waals surface area contributed by atoms with E-state index in [9.17, 15) is 14.4 Å². The Labute approximate surface area is 200 Å². The summed E-state index contributed by atoms with van der Waals surface area (Å²) >= 11 is 0. The van der Waals surface area contributed by atoms with Gasteiger partial charge in [-0.25, -0.2) is 4.79 Å². The summed E-state index contributed by atoms with van der Waals surface area (Å²) < 4.78 is 5.76. The Morgan fingerprint density at radius 2 is 1.79 bits per heavy atom. The van der Waals surface area contributed by atoms with Gasteiger partial charge in [0.1, 0.15) is 23.6 Å². The first-order chi connectivity index (χ1) is 16.3. The molecule has 2 aliphatic rings. The number of amides is 4. The van der Waals surface area contributed by atoms with Crippen molar-refractivity contribution < 1.29 is 18.8 Å². The Morgan fingerprint density at radius 1 is 1.09 bits per heavy atom. The second-order valence-electron chi connectivity index (χ2n) is 9.54. The van der Waals surface area contributed by atoms with Crippen molar-refractivity contribution in [3.8, 4) is 0 Å². The standard InChI is InChI=1S/C26H34N4O4/c1-19(22-9-8-20(2)34-22)10-14-28-16-12-26(13-17-28)24(32)29(18-23(27)31)25(33)30(26)15-11-21-6-4-3-5-7-21/h3-9,19H,10-18H2,1-2H3,(H2,27,31)/t19-/m0/s1. The smallest absolute Gasteiger partial charge is 0.328 e. The maximum Gasteiger partial charge on any atom is 0.328 e. The molecule has 3 heterocycles. The Balaban J connectivity index is 1.43. The van der Waals surface area contributed by atoms with Gasteiger partial charge in [-0.2, -0.15) is 0 Å². The van der Waals surface area contributed by atoms with E-state index in [1.165, 1.54) is 0 Å². The van der Waals surface area contributed by atoms with E-state index in [4.69, 9.17) is 10.2 Å². The molecule has 0 radical (unpaired) electrons. The first kappa shape index (κ1) is 24.0. The van der Waals surface area contributed by atoms with Crippen LogP contribution in [0.2, 0.25) is 0 Å². The van der Waals surface area contributed by atoms with Crippen LogP contribution in [0.25, 0.3) is 0 Å². The van der Waals surface area contributed by atoms with Crippen LogP contribution in [0, 0.1) is 6.92 Å². The average molecular weight is 467 g/mol. The summed E-state index contributed by atoms with van der Waals surface area (Å²) in [4.78, 5) is 43.3. The number of nitrogens with two attached hydrogens (primary N) is 1. The summed E-state index contributed by atoms with van der Waals surface area (Å²) in [5.41, 5.74) is 5.55. The highest BCUT2D eigenvalue weighted by atomic mass is 16.3. The maximum absolute atomic E-state index is 13.4. The minimum Gasteiger partial charge on any atom is -0.466 e. The quantitative estimate of drug-likeness (QED) is 0.573. The highest BCUT2D eigenvalue weighted by Gasteiger charge is 2.57. The number of imide groups is 1. The average Bonchev–Trinajstić information content (AvgIpc) is 3.34. The molecule has 4 rings (SSSR count). The van der Waals surface area contributed by atoms with Gasteiger partial charge in [-0.15, -0.1) is 0 Å². The van der Waals surface area contributed by atoms with E-state index in [0.29, 0.717) is 31.7 Å². The molecule has 1 spiro atoms. The molecule has 182 valence electrons. The fourth-order valence-corrected chi connectivity index (χ4v) is 5.14. The Bertz CT molecular complexity index is 1030. The number of hydrogen-bond donors (Lipinski definition) is 1. The fourth-order valence-electron chi connectivity index (χ4n) is 5.14. The van der Waals surface area contributed by atoms with Crippen molar-refractivity contribution >= 4 is 17.8 Å². The third-order valence-corrected chi connectivity index (χ3v) is 7.21. The van der Waals surface area contributed by atoms with Crippen molar-refractivity contribution in [2.45, 2.75) is 51.0 Å². The van der Waals surface area contributed by atoms with Gasteiger partial charge < -0.3 is 20.0 Å². The van der Waals surface area contributed by atoms with Crippen LogP contribution < -0.4 is 5.73 Å². The molecule has 0 saturated carbocycles. The lowest BCUT2D eigenvalue weighted by atomic mass is 9.85. The normalized spacial score (nSPS) is 19.2. The van der Waals surface area contributed by atoms with Gasteiger partial charge in [-0.05, 0) is 56.8 Å². The third-order valence-electron chi connectivity index (χ3n) is 7.21. The summed E-state index contributed by atoms with van der Waals surface area (Å²) in [6, 6.07) is 13.5. The first-order valence-corrected chi connectivity index (χ1v) is 12.0. The molecule has 0 bridgehead atoms. The van der Waals surface area contributed by atoms with Gasteiger partial charge in [-0.3, -0.25) is 14.5 Å². The Kier molecular flexibility index (Phi) is 7.07. The predicted octanol–water partition coefficient (Wildman–Crippen LogP) is 2.91. The van der Waals surface area contributed by atoms with E-state index in [1.807, 2.05) is 49.4 Å². The lowest BCUT2D eigenvalue weighted by Gasteiger charge is -2.42. The fraction of sp³-hybridized carbons (Fsp3) is 0.500. The number of carbonyl (C=O) groups excluding carboxylic acids is 3. The summed E-state index contributed by atoms with van der Waals surface area (Å²) in [7, 11) is 0. The zero-order chi connectivity index (χ0) is 24.3. The molecule has 1 atom stereocenters. The predicted molar refractivity (Wildman–Crippen MR) is 128 cm³/mol. The van der Waals surface area contributed by atoms with Crippen LogP contribution >= 0.6 is 0 Å². The molecular formula is C26H34N4O4. The molecular weight excluding hydrogens is 432 g/mol. The van der Waals surface area contributed by atoms with Crippen LogP contribution in [0.3, 0.4) is 0 Å². The van der Waals surface area contributed by atoms with Gasteiger partial charge in [0.25, 0.3) is 5.91 Å². The molecule has 34 heavy (non-hydrogen) atoms. The highest BCUT2D eigenvalue weighted by Crippen LogP contribution is 2.37. The zero-order valence-electron chi connectivity index (χ0n) is 20.0. The number of hydrogen-bond acceptors (Lipinski definition) is 5. The van der Waals surface area contributed by atoms with Gasteiger partial charge in [0, 0.05) is 25.6 Å². The Hall–Kier alpha value is -3.13. The highest BCUT2D eigenvalue weighted by molar-refractivity contribution is 6.09. The number of likely N-dealkylation sites (tertiary alicyclic amines) is 1. The number of primary amides is 1. The van der Waals surface area contributed by atoms with E-state index >= 15 is 0 Å². The summed E-state index contributed by atoms with van der Waals surface area (Å²) in [6.45, 7) is 6.50. The van der Waals surface area contributed by atoms with Crippen LogP contribution in [0.1, 0.15) is 49.2 Å². The van der Waals surface area contributed by atoms with Crippen molar-refractivity contribution in [2.75, 3.05) is 32.7 Å². The molecule has 2 saturated heterocycles. The lowest BCUT2D eigenvalue weighted by Crippen LogP contribution is -2.57. The summed E-state index contributed by atoms with van der Waals surface area (Å²) in [6.07, 6.45) is 2.71. The van der Waals surface area contributed by atoms with E-state index in [0.717, 1.165) is 48.0 Å². The van der Waals surface area contributed by atoms with Crippen molar-refractivity contribution in [1.82, 2.24) is 14.7 Å². The molecule has 2 N–H and O–H groups in total. The molecule has 2 aliphatic heterocycles. The van der Waals surface area contributed by atoms with Crippen LogP contribution in [0.5, 0.6) is 0 Å². The number of aryl methyl sites for hydroxylation is 1. The Morgan fingerprint density at radius 3 is 2.41 bits per heavy atom. The second kappa shape index (κ2) is 10.0. The molecule has 4 amide bonds. The van der Waals surface area contributed by atoms with E-state index in [1.54, 1.807) is 4.90 Å². The third kappa shape index (κ3) is 4.87. The van der Waals surface area contributed by atoms with Crippen molar-refractivity contribution in [3.05, 3.63) is 59.5 Å². The number of piperidine rings is 1. The van der Waals surface area contributed by atoms with E-state index in [2.05, 4.69) is 11.8 Å². The number of nitrogens with zero attached hydrogens (tertiary/aromatic N) is 3. The molecule has 1 aromatic heterocycles. The molecule has 0 aliphatic carbocycles. The topological polar surface area (TPSA) is 100 Å². The number of benzene rings is 1. The van der Waals surface area contributed by atoms with Gasteiger partial charge in [0.05, 0.1) is 0 Å². The zero-order valence-corrected chi connectivity index (χ0v) is 20.0. The number of carbonyl (C=O) groups is 3. The second-order valence-corrected chi connectivity index (χ2v) is 9.54. The summed E-state index contributed by atoms with van der Waals surface area (Å²) in [5.74, 6) is 1.26. The monoisotopic (exact) mass is 466 g/mol. The van der Waals surface area contributed by atoms with E-state index in [-0.39, 0.29) is 12.5 Å². The summed E-state index contributed by atoms with van der Waals surface area (Å²) in [5, 5.41) is 0. The van der Waals surface area contributed by atoms with Crippen LogP contribution in [-0.2, 0) is 16.0 Å². The molecule has 2 aromatic rings.